The summed E-state index contributed by atoms with van der Waals surface area (Å²) in [4.78, 5) is 0. The fraction of sp³-hybridized carbons (Fsp3) is 0.556. The van der Waals surface area contributed by atoms with E-state index in [-0.39, 0.29) is 0 Å². The summed E-state index contributed by atoms with van der Waals surface area (Å²) >= 11 is 0. The molecule has 348 valence electrons. The van der Waals surface area contributed by atoms with Gasteiger partial charge in [-0.3, -0.25) is 0 Å². The van der Waals surface area contributed by atoms with Gasteiger partial charge in [-0.05, 0) is 186 Å². The molecule has 1 fully saturated rings. The second-order valence-electron chi connectivity index (χ2n) is 20.3. The van der Waals surface area contributed by atoms with E-state index in [1.54, 1.807) is 16.7 Å². The number of aryl methyl sites for hydroxylation is 4. The van der Waals surface area contributed by atoms with Crippen molar-refractivity contribution in [2.75, 3.05) is 6.61 Å². The van der Waals surface area contributed by atoms with E-state index in [0.29, 0.717) is 17.8 Å². The van der Waals surface area contributed by atoms with Gasteiger partial charge in [0.2, 0.25) is 0 Å². The zero-order chi connectivity index (χ0) is 45.9. The van der Waals surface area contributed by atoms with E-state index >= 15 is 0 Å². The first-order valence-electron chi connectivity index (χ1n) is 26.6. The van der Waals surface area contributed by atoms with E-state index < -0.39 is 0 Å². The van der Waals surface area contributed by atoms with E-state index in [2.05, 4.69) is 134 Å². The zero-order valence-electron chi connectivity index (χ0n) is 42.4. The van der Waals surface area contributed by atoms with Gasteiger partial charge < -0.3 is 4.74 Å². The lowest BCUT2D eigenvalue weighted by atomic mass is 9.77. The summed E-state index contributed by atoms with van der Waals surface area (Å²) < 4.78 is 6.06. The van der Waals surface area contributed by atoms with Gasteiger partial charge >= 0.3 is 0 Å². The Hall–Kier alpha value is -3.84. The third-order valence-corrected chi connectivity index (χ3v) is 15.4. The van der Waals surface area contributed by atoms with Gasteiger partial charge in [0.05, 0.1) is 6.61 Å². The fourth-order valence-corrected chi connectivity index (χ4v) is 10.7. The van der Waals surface area contributed by atoms with Crippen LogP contribution in [0.5, 0.6) is 0 Å². The molecule has 1 aliphatic carbocycles. The number of unbranched alkanes of at least 4 members (excludes halogenated alkanes) is 5. The van der Waals surface area contributed by atoms with Crippen LogP contribution in [0.25, 0.3) is 33.4 Å². The van der Waals surface area contributed by atoms with Gasteiger partial charge in [-0.2, -0.15) is 0 Å². The molecule has 1 heteroatoms. The minimum absolute atomic E-state index is 0.433. The number of benzene rings is 4. The van der Waals surface area contributed by atoms with Gasteiger partial charge in [0.1, 0.15) is 5.76 Å². The maximum Gasteiger partial charge on any atom is 0.114 e. The van der Waals surface area contributed by atoms with Crippen molar-refractivity contribution in [2.24, 2.45) is 11.3 Å². The van der Waals surface area contributed by atoms with Gasteiger partial charge in [0, 0.05) is 0 Å². The van der Waals surface area contributed by atoms with E-state index in [4.69, 9.17) is 4.74 Å². The Morgan fingerprint density at radius 2 is 1.09 bits per heavy atom. The minimum Gasteiger partial charge on any atom is -0.494 e. The smallest absolute Gasteiger partial charge is 0.114 e. The Labute approximate surface area is 394 Å². The fourth-order valence-electron chi connectivity index (χ4n) is 10.7. The summed E-state index contributed by atoms with van der Waals surface area (Å²) in [5.74, 6) is 2.40. The Morgan fingerprint density at radius 3 is 1.66 bits per heavy atom. The lowest BCUT2D eigenvalue weighted by molar-refractivity contribution is 0.217. The van der Waals surface area contributed by atoms with E-state index in [1.165, 1.54) is 159 Å². The molecule has 4 aromatic rings. The number of rotatable bonds is 28. The van der Waals surface area contributed by atoms with Crippen LogP contribution in [0.1, 0.15) is 210 Å². The van der Waals surface area contributed by atoms with Crippen molar-refractivity contribution < 1.29 is 4.74 Å². The Balaban J connectivity index is 1.41. The Morgan fingerprint density at radius 1 is 0.562 bits per heavy atom. The first-order chi connectivity index (χ1) is 31.1. The molecule has 0 saturated heterocycles. The van der Waals surface area contributed by atoms with E-state index in [0.717, 1.165) is 55.9 Å². The molecule has 1 unspecified atom stereocenters. The molecule has 0 amide bonds. The molecule has 1 saturated carbocycles. The molecule has 0 heterocycles. The van der Waals surface area contributed by atoms with Crippen LogP contribution >= 0.6 is 0 Å². The number of hydrogen-bond acceptors (Lipinski definition) is 1. The van der Waals surface area contributed by atoms with Crippen molar-refractivity contribution in [1.82, 2.24) is 0 Å². The van der Waals surface area contributed by atoms with Crippen LogP contribution in [-0.2, 0) is 36.8 Å². The Kier molecular flexibility index (Phi) is 21.1. The van der Waals surface area contributed by atoms with E-state index in [1.807, 2.05) is 6.92 Å². The topological polar surface area (TPSA) is 9.23 Å². The molecule has 1 aliphatic rings. The molecular formula is C63H90O. The summed E-state index contributed by atoms with van der Waals surface area (Å²) in [5.41, 5.74) is 18.6. The second kappa shape index (κ2) is 26.3. The van der Waals surface area contributed by atoms with Gasteiger partial charge in [0.15, 0.2) is 0 Å². The second-order valence-corrected chi connectivity index (χ2v) is 20.3. The van der Waals surface area contributed by atoms with Crippen molar-refractivity contribution in [3.63, 3.8) is 0 Å². The normalized spacial score (nSPS) is 16.1. The molecule has 1 atom stereocenters. The molecule has 0 N–H and O–H groups in total. The highest BCUT2D eigenvalue weighted by molar-refractivity contribution is 5.78. The van der Waals surface area contributed by atoms with Crippen LogP contribution in [0.3, 0.4) is 0 Å². The van der Waals surface area contributed by atoms with Crippen molar-refractivity contribution in [3.8, 4) is 33.4 Å². The zero-order valence-corrected chi connectivity index (χ0v) is 42.4. The Bertz CT molecular complexity index is 2040. The van der Waals surface area contributed by atoms with E-state index in [9.17, 15) is 0 Å². The van der Waals surface area contributed by atoms with Crippen molar-refractivity contribution >= 4 is 0 Å². The highest BCUT2D eigenvalue weighted by atomic mass is 16.5. The number of ether oxygens (including phenoxy) is 1. The molecule has 5 rings (SSSR count). The maximum absolute atomic E-state index is 6.06. The van der Waals surface area contributed by atoms with Crippen LogP contribution < -0.4 is 0 Å². The standard InChI is InChI=1S/C63H90O/c1-11-17-20-24-49-28-30-52(31-29-49)53-32-34-54(35-33-53)61-38-36-55(43-50(61)14-4)56-37-39-62(51(15-5)44-56)59-45-57(25-21-18-12-2)60(27-22-41-63(10,16-6)40-19-13-3)58(46-59)26-23-42-64-48(9)47(7)8/h32-39,43-46,49,52H,7,9,11-31,40-42H2,1-6,8,10H3. The molecule has 4 aromatic carbocycles. The quantitative estimate of drug-likeness (QED) is 0.0314. The molecule has 0 bridgehead atoms. The predicted octanol–water partition coefficient (Wildman–Crippen LogP) is 19.4. The summed E-state index contributed by atoms with van der Waals surface area (Å²) in [5, 5.41) is 0. The molecule has 0 aliphatic heterocycles. The first-order valence-corrected chi connectivity index (χ1v) is 26.6. The summed E-state index contributed by atoms with van der Waals surface area (Å²) in [6.07, 6.45) is 29.0. The molecule has 64 heavy (non-hydrogen) atoms. The lowest BCUT2D eigenvalue weighted by Crippen LogP contribution is -2.16. The van der Waals surface area contributed by atoms with Crippen LogP contribution in [0.15, 0.2) is 97.3 Å². The summed E-state index contributed by atoms with van der Waals surface area (Å²) in [6, 6.07) is 29.4. The molecular weight excluding hydrogens is 773 g/mol. The van der Waals surface area contributed by atoms with Crippen LogP contribution in [-0.4, -0.2) is 6.61 Å². The highest BCUT2D eigenvalue weighted by Gasteiger charge is 2.24. The van der Waals surface area contributed by atoms with Gasteiger partial charge in [0.25, 0.3) is 0 Å². The number of hydrogen-bond donors (Lipinski definition) is 0. The molecule has 0 radical (unpaired) electrons. The maximum atomic E-state index is 6.06. The summed E-state index contributed by atoms with van der Waals surface area (Å²) in [6.45, 7) is 27.4. The summed E-state index contributed by atoms with van der Waals surface area (Å²) in [7, 11) is 0. The average molecular weight is 863 g/mol. The molecule has 0 aromatic heterocycles. The van der Waals surface area contributed by atoms with Crippen LogP contribution in [0.4, 0.5) is 0 Å². The van der Waals surface area contributed by atoms with Crippen LogP contribution in [0.2, 0.25) is 0 Å². The van der Waals surface area contributed by atoms with Gasteiger partial charge in [-0.1, -0.05) is 192 Å². The van der Waals surface area contributed by atoms with Crippen molar-refractivity contribution in [1.29, 1.82) is 0 Å². The third-order valence-electron chi connectivity index (χ3n) is 15.4. The lowest BCUT2D eigenvalue weighted by Gasteiger charge is -2.29. The van der Waals surface area contributed by atoms with Crippen molar-refractivity contribution in [3.05, 3.63) is 131 Å². The number of allylic oxidation sites excluding steroid dienone is 1. The van der Waals surface area contributed by atoms with Crippen LogP contribution in [0, 0.1) is 11.3 Å². The third kappa shape index (κ3) is 14.6. The average Bonchev–Trinajstić information content (AvgIpc) is 3.32. The van der Waals surface area contributed by atoms with Crippen molar-refractivity contribution in [2.45, 2.75) is 209 Å². The molecule has 1 nitrogen and oxygen atoms in total. The monoisotopic (exact) mass is 863 g/mol. The highest BCUT2D eigenvalue weighted by Crippen LogP contribution is 2.40. The van der Waals surface area contributed by atoms with Gasteiger partial charge in [-0.15, -0.1) is 0 Å². The largest absolute Gasteiger partial charge is 0.494 e. The molecule has 0 spiro atoms. The van der Waals surface area contributed by atoms with Gasteiger partial charge in [-0.25, -0.2) is 0 Å². The SMILES string of the molecule is C=C(C)C(=C)OCCCc1cc(-c2ccc(-c3ccc(-c4ccc(C5CCC(CCCCC)CC5)cc4)c(CC)c3)cc2CC)cc(CCCCC)c1CCCC(C)(CC)CCCC. The first kappa shape index (κ1) is 51.1. The predicted molar refractivity (Wildman–Crippen MR) is 283 cm³/mol. The minimum atomic E-state index is 0.433.